The van der Waals surface area contributed by atoms with Crippen LogP contribution in [0.25, 0.3) is 10.9 Å². The molecule has 2 N–H and O–H groups in total. The maximum atomic E-state index is 13.0. The fraction of sp³-hybridized carbons (Fsp3) is 0.176. The fourth-order valence-electron chi connectivity index (χ4n) is 2.49. The van der Waals surface area contributed by atoms with E-state index >= 15 is 0 Å². The van der Waals surface area contributed by atoms with Crippen LogP contribution < -0.4 is 10.6 Å². The SMILES string of the molecule is O=[N+]([O-])c1ccccc1NCCNc1nc(C(F)F)nc2ccccc12. The minimum atomic E-state index is -2.77. The van der Waals surface area contributed by atoms with Gasteiger partial charge in [-0.15, -0.1) is 0 Å². The Labute approximate surface area is 147 Å². The molecule has 0 bridgehead atoms. The Hall–Kier alpha value is -3.36. The predicted octanol–water partition coefficient (Wildman–Crippen LogP) is 4.00. The molecule has 1 heterocycles. The van der Waals surface area contributed by atoms with Crippen LogP contribution in [0.2, 0.25) is 0 Å². The van der Waals surface area contributed by atoms with Crippen molar-refractivity contribution >= 4 is 28.1 Å². The van der Waals surface area contributed by atoms with E-state index < -0.39 is 17.2 Å². The number of hydrogen-bond donors (Lipinski definition) is 2. The first-order valence-electron chi connectivity index (χ1n) is 7.82. The maximum Gasteiger partial charge on any atom is 0.297 e. The second-order valence-corrected chi connectivity index (χ2v) is 5.38. The number of benzene rings is 2. The van der Waals surface area contributed by atoms with Crippen LogP contribution >= 0.6 is 0 Å². The van der Waals surface area contributed by atoms with E-state index in [2.05, 4.69) is 20.6 Å². The Morgan fingerprint density at radius 1 is 1.00 bits per heavy atom. The first-order valence-corrected chi connectivity index (χ1v) is 7.82. The fourth-order valence-corrected chi connectivity index (χ4v) is 2.49. The predicted molar refractivity (Wildman–Crippen MR) is 94.6 cm³/mol. The van der Waals surface area contributed by atoms with Crippen molar-refractivity contribution < 1.29 is 13.7 Å². The van der Waals surface area contributed by atoms with Gasteiger partial charge in [0.25, 0.3) is 12.1 Å². The highest BCUT2D eigenvalue weighted by atomic mass is 19.3. The molecule has 134 valence electrons. The number of aromatic nitrogens is 2. The molecule has 0 radical (unpaired) electrons. The summed E-state index contributed by atoms with van der Waals surface area (Å²) in [5, 5.41) is 17.6. The molecule has 26 heavy (non-hydrogen) atoms. The minimum absolute atomic E-state index is 0.0278. The Kier molecular flexibility index (Phi) is 5.16. The molecule has 0 amide bonds. The normalized spacial score (nSPS) is 10.9. The first-order chi connectivity index (χ1) is 12.6. The highest BCUT2D eigenvalue weighted by Crippen LogP contribution is 2.25. The van der Waals surface area contributed by atoms with Gasteiger partial charge in [-0.3, -0.25) is 10.1 Å². The van der Waals surface area contributed by atoms with E-state index in [0.717, 1.165) is 0 Å². The topological polar surface area (TPSA) is 93.0 Å². The van der Waals surface area contributed by atoms with Crippen LogP contribution in [0.4, 0.5) is 26.0 Å². The molecule has 1 aromatic heterocycles. The molecular formula is C17H15F2N5O2. The van der Waals surface area contributed by atoms with E-state index in [1.54, 1.807) is 42.5 Å². The largest absolute Gasteiger partial charge is 0.378 e. The van der Waals surface area contributed by atoms with Gasteiger partial charge in [0, 0.05) is 24.5 Å². The molecule has 2 aromatic carbocycles. The summed E-state index contributed by atoms with van der Waals surface area (Å²) in [5.74, 6) is -0.242. The number of fused-ring (bicyclic) bond motifs is 1. The third kappa shape index (κ3) is 3.82. The van der Waals surface area contributed by atoms with Crippen molar-refractivity contribution in [2.75, 3.05) is 23.7 Å². The zero-order valence-corrected chi connectivity index (χ0v) is 13.5. The minimum Gasteiger partial charge on any atom is -0.378 e. The molecule has 0 aliphatic carbocycles. The molecule has 0 saturated carbocycles. The van der Waals surface area contributed by atoms with Gasteiger partial charge in [0.05, 0.1) is 10.4 Å². The summed E-state index contributed by atoms with van der Waals surface area (Å²) in [6.45, 7) is 0.670. The van der Waals surface area contributed by atoms with Crippen molar-refractivity contribution in [1.29, 1.82) is 0 Å². The van der Waals surface area contributed by atoms with Gasteiger partial charge in [0.1, 0.15) is 11.5 Å². The van der Waals surface area contributed by atoms with Crippen molar-refractivity contribution in [1.82, 2.24) is 9.97 Å². The number of nitro groups is 1. The summed E-state index contributed by atoms with van der Waals surface area (Å²) in [7, 11) is 0. The summed E-state index contributed by atoms with van der Waals surface area (Å²) < 4.78 is 26.0. The number of hydrogen-bond acceptors (Lipinski definition) is 6. The molecule has 0 aliphatic heterocycles. The Bertz CT molecular complexity index is 936. The van der Waals surface area contributed by atoms with E-state index in [9.17, 15) is 18.9 Å². The van der Waals surface area contributed by atoms with Gasteiger partial charge < -0.3 is 10.6 Å². The lowest BCUT2D eigenvalue weighted by Gasteiger charge is -2.11. The lowest BCUT2D eigenvalue weighted by Crippen LogP contribution is -2.16. The molecule has 0 aliphatic rings. The molecule has 0 fully saturated rings. The molecule has 0 atom stereocenters. The summed E-state index contributed by atoms with van der Waals surface area (Å²) in [4.78, 5) is 18.2. The van der Waals surface area contributed by atoms with Crippen LogP contribution in [-0.2, 0) is 0 Å². The zero-order valence-electron chi connectivity index (χ0n) is 13.5. The summed E-state index contributed by atoms with van der Waals surface area (Å²) in [6.07, 6.45) is -2.77. The monoisotopic (exact) mass is 359 g/mol. The van der Waals surface area contributed by atoms with E-state index in [4.69, 9.17) is 0 Å². The molecule has 7 nitrogen and oxygen atoms in total. The average Bonchev–Trinajstić information content (AvgIpc) is 2.65. The van der Waals surface area contributed by atoms with E-state index in [1.165, 1.54) is 6.07 Å². The van der Waals surface area contributed by atoms with Crippen LogP contribution in [0.3, 0.4) is 0 Å². The second-order valence-electron chi connectivity index (χ2n) is 5.38. The van der Waals surface area contributed by atoms with Crippen LogP contribution in [0.1, 0.15) is 12.2 Å². The third-order valence-corrected chi connectivity index (χ3v) is 3.65. The maximum absolute atomic E-state index is 13.0. The van der Waals surface area contributed by atoms with Crippen LogP contribution in [0, 0.1) is 10.1 Å². The van der Waals surface area contributed by atoms with Gasteiger partial charge in [-0.25, -0.2) is 18.7 Å². The quantitative estimate of drug-likeness (QED) is 0.376. The van der Waals surface area contributed by atoms with Gasteiger partial charge in [-0.1, -0.05) is 24.3 Å². The number of anilines is 2. The summed E-state index contributed by atoms with van der Waals surface area (Å²) in [5.41, 5.74) is 0.784. The van der Waals surface area contributed by atoms with Crippen molar-refractivity contribution in [3.05, 3.63) is 64.5 Å². The molecule has 3 rings (SSSR count). The molecular weight excluding hydrogens is 344 g/mol. The van der Waals surface area contributed by atoms with Gasteiger partial charge in [-0.05, 0) is 18.2 Å². The third-order valence-electron chi connectivity index (χ3n) is 3.65. The lowest BCUT2D eigenvalue weighted by molar-refractivity contribution is -0.384. The number of nitro benzene ring substituents is 1. The van der Waals surface area contributed by atoms with Crippen molar-refractivity contribution in [3.8, 4) is 0 Å². The van der Waals surface area contributed by atoms with Crippen LogP contribution in [0.5, 0.6) is 0 Å². The highest BCUT2D eigenvalue weighted by Gasteiger charge is 2.15. The van der Waals surface area contributed by atoms with Gasteiger partial charge >= 0.3 is 0 Å². The van der Waals surface area contributed by atoms with Crippen LogP contribution in [-0.4, -0.2) is 28.0 Å². The Morgan fingerprint density at radius 2 is 1.69 bits per heavy atom. The Balaban J connectivity index is 1.71. The highest BCUT2D eigenvalue weighted by molar-refractivity contribution is 5.89. The smallest absolute Gasteiger partial charge is 0.297 e. The average molecular weight is 359 g/mol. The molecule has 0 spiro atoms. The number of halogens is 2. The standard InChI is InChI=1S/C17H15F2N5O2/c18-15(19)17-22-12-6-2-1-5-11(12)16(23-17)21-10-9-20-13-7-3-4-8-14(13)24(25)26/h1-8,15,20H,9-10H2,(H,21,22,23). The summed E-state index contributed by atoms with van der Waals surface area (Å²) >= 11 is 0. The first kappa shape index (κ1) is 17.5. The van der Waals surface area contributed by atoms with E-state index in [1.807, 2.05) is 0 Å². The number of nitrogens with zero attached hydrogens (tertiary/aromatic N) is 3. The summed E-state index contributed by atoms with van der Waals surface area (Å²) in [6, 6.07) is 13.1. The number of alkyl halides is 2. The lowest BCUT2D eigenvalue weighted by atomic mass is 10.2. The second kappa shape index (κ2) is 7.68. The number of nitrogens with one attached hydrogen (secondary N) is 2. The van der Waals surface area contributed by atoms with Gasteiger partial charge in [0.15, 0.2) is 5.82 Å². The van der Waals surface area contributed by atoms with Crippen LogP contribution in [0.15, 0.2) is 48.5 Å². The molecule has 9 heteroatoms. The van der Waals surface area contributed by atoms with E-state index in [-0.39, 0.29) is 5.69 Å². The van der Waals surface area contributed by atoms with Gasteiger partial charge in [0.2, 0.25) is 0 Å². The molecule has 0 saturated heterocycles. The molecule has 3 aromatic rings. The van der Waals surface area contributed by atoms with Crippen molar-refractivity contribution in [2.24, 2.45) is 0 Å². The van der Waals surface area contributed by atoms with Crippen molar-refractivity contribution in [3.63, 3.8) is 0 Å². The Morgan fingerprint density at radius 3 is 2.46 bits per heavy atom. The number of para-hydroxylation sites is 3. The van der Waals surface area contributed by atoms with Gasteiger partial charge in [-0.2, -0.15) is 0 Å². The molecule has 0 unspecified atom stereocenters. The van der Waals surface area contributed by atoms with Crippen molar-refractivity contribution in [2.45, 2.75) is 6.43 Å². The van der Waals surface area contributed by atoms with E-state index in [0.29, 0.717) is 35.5 Å². The number of rotatable bonds is 7. The zero-order chi connectivity index (χ0) is 18.5.